The number of fused-ring (bicyclic) bond motifs is 4. The van der Waals surface area contributed by atoms with Crippen LogP contribution in [0, 0.1) is 0 Å². The number of rotatable bonds is 1. The third-order valence-electron chi connectivity index (χ3n) is 4.70. The van der Waals surface area contributed by atoms with Crippen molar-refractivity contribution in [1.29, 1.82) is 0 Å². The van der Waals surface area contributed by atoms with E-state index in [9.17, 15) is 5.11 Å². The van der Waals surface area contributed by atoms with Crippen molar-refractivity contribution in [2.45, 2.75) is 37.0 Å². The molecule has 118 valence electrons. The lowest BCUT2D eigenvalue weighted by Crippen LogP contribution is -2.40. The standard InChI is InChI=1S/C16H16N4O2S/c21-12-6-4-11(5-7-12)14-17-19-13-10-23-16(8-2-1-3-9-16)20(13)18-15(19)22-14/h4-7,10,21H,1-3,8-9H2. The van der Waals surface area contributed by atoms with Crippen molar-refractivity contribution in [2.24, 2.45) is 10.2 Å². The van der Waals surface area contributed by atoms with E-state index in [1.54, 1.807) is 29.3 Å². The summed E-state index contributed by atoms with van der Waals surface area (Å²) in [5.41, 5.74) is 0.824. The fourth-order valence-electron chi connectivity index (χ4n) is 3.49. The van der Waals surface area contributed by atoms with Crippen molar-refractivity contribution < 1.29 is 9.84 Å². The molecular formula is C16H16N4O2S. The third kappa shape index (κ3) is 1.89. The van der Waals surface area contributed by atoms with Gasteiger partial charge in [-0.05, 0) is 37.1 Å². The van der Waals surface area contributed by atoms with Gasteiger partial charge < -0.3 is 9.84 Å². The average molecular weight is 328 g/mol. The van der Waals surface area contributed by atoms with E-state index >= 15 is 0 Å². The number of hydrogen-bond donors (Lipinski definition) is 1. The Hall–Kier alpha value is -2.15. The van der Waals surface area contributed by atoms with Crippen molar-refractivity contribution in [3.63, 3.8) is 0 Å². The number of amidine groups is 1. The summed E-state index contributed by atoms with van der Waals surface area (Å²) in [5.74, 6) is 1.73. The second kappa shape index (κ2) is 4.67. The normalized spacial score (nSPS) is 24.1. The maximum Gasteiger partial charge on any atom is 0.344 e. The summed E-state index contributed by atoms with van der Waals surface area (Å²) < 4.78 is 5.83. The average Bonchev–Trinajstić information content (AvgIpc) is 3.21. The third-order valence-corrected chi connectivity index (χ3v) is 6.05. The number of phenolic OH excluding ortho intramolecular Hbond substituents is 1. The van der Waals surface area contributed by atoms with E-state index in [0.29, 0.717) is 11.9 Å². The molecule has 4 aliphatic rings. The predicted molar refractivity (Wildman–Crippen MR) is 88.3 cm³/mol. The number of ether oxygens (including phenoxy) is 1. The van der Waals surface area contributed by atoms with Crippen LogP contribution in [0.25, 0.3) is 0 Å². The lowest BCUT2D eigenvalue weighted by molar-refractivity contribution is 0.170. The molecule has 1 spiro atoms. The van der Waals surface area contributed by atoms with Gasteiger partial charge in [0.1, 0.15) is 10.6 Å². The molecule has 3 heterocycles. The van der Waals surface area contributed by atoms with E-state index in [-0.39, 0.29) is 10.6 Å². The van der Waals surface area contributed by atoms with Crippen LogP contribution in [0.15, 0.2) is 45.7 Å². The van der Waals surface area contributed by atoms with Gasteiger partial charge in [-0.1, -0.05) is 31.0 Å². The van der Waals surface area contributed by atoms with Gasteiger partial charge in [0.2, 0.25) is 5.90 Å². The molecule has 3 aliphatic heterocycles. The van der Waals surface area contributed by atoms with Gasteiger partial charge in [-0.15, -0.1) is 10.2 Å². The maximum atomic E-state index is 9.39. The first kappa shape index (κ1) is 13.3. The first-order valence-corrected chi connectivity index (χ1v) is 8.76. The van der Waals surface area contributed by atoms with Crippen LogP contribution in [0.5, 0.6) is 5.75 Å². The summed E-state index contributed by atoms with van der Waals surface area (Å²) in [6.45, 7) is 0. The number of nitrogens with zero attached hydrogens (tertiary/aromatic N) is 4. The molecule has 6 nitrogen and oxygen atoms in total. The minimum absolute atomic E-state index is 0.0580. The Morgan fingerprint density at radius 1 is 1.09 bits per heavy atom. The Labute approximate surface area is 138 Å². The molecule has 1 aromatic rings. The van der Waals surface area contributed by atoms with Crippen LogP contribution >= 0.6 is 11.8 Å². The molecule has 0 aromatic heterocycles. The topological polar surface area (TPSA) is 60.7 Å². The lowest BCUT2D eigenvalue weighted by atomic mass is 9.94. The molecule has 5 rings (SSSR count). The zero-order valence-electron chi connectivity index (χ0n) is 12.5. The molecule has 0 saturated heterocycles. The molecule has 1 saturated carbocycles. The maximum absolute atomic E-state index is 9.39. The number of hydrazone groups is 2. The van der Waals surface area contributed by atoms with Crippen molar-refractivity contribution in [3.8, 4) is 5.75 Å². The highest BCUT2D eigenvalue weighted by Gasteiger charge is 2.51. The molecule has 7 heteroatoms. The van der Waals surface area contributed by atoms with Crippen LogP contribution in [-0.2, 0) is 4.74 Å². The number of phenols is 1. The van der Waals surface area contributed by atoms with Crippen LogP contribution in [0.2, 0.25) is 0 Å². The number of thioether (sulfide) groups is 1. The van der Waals surface area contributed by atoms with Crippen molar-refractivity contribution in [2.75, 3.05) is 0 Å². The monoisotopic (exact) mass is 328 g/mol. The zero-order chi connectivity index (χ0) is 15.4. The molecular weight excluding hydrogens is 312 g/mol. The van der Waals surface area contributed by atoms with E-state index in [2.05, 4.69) is 20.6 Å². The summed E-state index contributed by atoms with van der Waals surface area (Å²) in [4.78, 5) is 0.0580. The molecule has 1 aromatic carbocycles. The second-order valence-corrected chi connectivity index (χ2v) is 7.39. The molecule has 0 atom stereocenters. The van der Waals surface area contributed by atoms with Gasteiger partial charge in [0.25, 0.3) is 0 Å². The minimum Gasteiger partial charge on any atom is -0.508 e. The highest BCUT2D eigenvalue weighted by Crippen LogP contribution is 2.53. The summed E-state index contributed by atoms with van der Waals surface area (Å²) >= 11 is 1.86. The van der Waals surface area contributed by atoms with E-state index in [0.717, 1.165) is 24.2 Å². The smallest absolute Gasteiger partial charge is 0.344 e. The van der Waals surface area contributed by atoms with Crippen LogP contribution in [0.3, 0.4) is 0 Å². The minimum atomic E-state index is 0.0580. The van der Waals surface area contributed by atoms with Crippen LogP contribution in [-0.4, -0.2) is 31.9 Å². The van der Waals surface area contributed by atoms with Gasteiger partial charge >= 0.3 is 6.02 Å². The Morgan fingerprint density at radius 2 is 1.87 bits per heavy atom. The fraction of sp³-hybridized carbons (Fsp3) is 0.375. The van der Waals surface area contributed by atoms with Gasteiger partial charge in [-0.2, -0.15) is 5.01 Å². The molecule has 1 N–H and O–H groups in total. The molecule has 0 bridgehead atoms. The number of hydrogen-bond acceptors (Lipinski definition) is 7. The van der Waals surface area contributed by atoms with Gasteiger partial charge in [-0.3, -0.25) is 0 Å². The summed E-state index contributed by atoms with van der Waals surface area (Å²) in [6, 6.07) is 7.34. The van der Waals surface area contributed by atoms with Gasteiger partial charge in [-0.25, -0.2) is 5.01 Å². The largest absolute Gasteiger partial charge is 0.508 e. The Morgan fingerprint density at radius 3 is 2.65 bits per heavy atom. The molecule has 0 radical (unpaired) electrons. The molecule has 1 aliphatic carbocycles. The summed E-state index contributed by atoms with van der Waals surface area (Å²) in [5, 5.41) is 24.7. The fourth-order valence-corrected chi connectivity index (χ4v) is 4.77. The highest BCUT2D eigenvalue weighted by atomic mass is 32.2. The first-order valence-electron chi connectivity index (χ1n) is 7.88. The molecule has 0 unspecified atom stereocenters. The van der Waals surface area contributed by atoms with Gasteiger partial charge in [0.15, 0.2) is 5.82 Å². The molecule has 23 heavy (non-hydrogen) atoms. The highest BCUT2D eigenvalue weighted by molar-refractivity contribution is 8.03. The van der Waals surface area contributed by atoms with Gasteiger partial charge in [0.05, 0.1) is 0 Å². The van der Waals surface area contributed by atoms with E-state index in [1.165, 1.54) is 19.3 Å². The predicted octanol–water partition coefficient (Wildman–Crippen LogP) is 3.18. The van der Waals surface area contributed by atoms with E-state index in [4.69, 9.17) is 4.74 Å². The quantitative estimate of drug-likeness (QED) is 0.858. The summed E-state index contributed by atoms with van der Waals surface area (Å²) in [6.07, 6.45) is 6.11. The Balaban J connectivity index is 1.44. The number of aromatic hydroxyl groups is 1. The molecule has 0 amide bonds. The van der Waals surface area contributed by atoms with Crippen molar-refractivity contribution in [3.05, 3.63) is 41.1 Å². The SMILES string of the molecule is Oc1ccc(C2=NN3C4=CSC5(CCCCC5)N4N=C3O2)cc1. The zero-order valence-corrected chi connectivity index (χ0v) is 13.3. The first-order chi connectivity index (χ1) is 11.3. The van der Waals surface area contributed by atoms with Crippen LogP contribution < -0.4 is 0 Å². The second-order valence-electron chi connectivity index (χ2n) is 6.16. The van der Waals surface area contributed by atoms with Crippen molar-refractivity contribution in [1.82, 2.24) is 10.0 Å². The Kier molecular flexibility index (Phi) is 2.70. The van der Waals surface area contributed by atoms with Crippen LogP contribution in [0.1, 0.15) is 37.7 Å². The Bertz CT molecular complexity index is 750. The van der Waals surface area contributed by atoms with E-state index in [1.807, 2.05) is 11.8 Å². The van der Waals surface area contributed by atoms with Crippen molar-refractivity contribution >= 4 is 23.7 Å². The lowest BCUT2D eigenvalue weighted by Gasteiger charge is -2.37. The van der Waals surface area contributed by atoms with E-state index < -0.39 is 0 Å². The van der Waals surface area contributed by atoms with Gasteiger partial charge in [0, 0.05) is 11.0 Å². The molecule has 1 fully saturated rings. The summed E-state index contributed by atoms with van der Waals surface area (Å²) in [7, 11) is 0. The van der Waals surface area contributed by atoms with Crippen LogP contribution in [0.4, 0.5) is 0 Å². The number of benzene rings is 1.